The van der Waals surface area contributed by atoms with Gasteiger partial charge in [0.25, 0.3) is 0 Å². The predicted molar refractivity (Wildman–Crippen MR) is 55.9 cm³/mol. The molecule has 0 nitrogen and oxygen atoms in total. The Hall–Kier alpha value is -0.610. The Morgan fingerprint density at radius 2 is 1.22 bits per heavy atom. The van der Waals surface area contributed by atoms with E-state index in [9.17, 15) is 22.0 Å². The standard InChI is InChI=1S/C13H15F5/c14-10(11(15)13(16,17)18)12-4-7-1-8(5-12)3-9(2-7)6-12/h7-9H,1-6H2/b11-10+. The topological polar surface area (TPSA) is 0 Å². The average molecular weight is 266 g/mol. The van der Waals surface area contributed by atoms with E-state index >= 15 is 0 Å². The van der Waals surface area contributed by atoms with Crippen LogP contribution in [-0.2, 0) is 0 Å². The van der Waals surface area contributed by atoms with Crippen LogP contribution >= 0.6 is 0 Å². The molecule has 0 atom stereocenters. The lowest BCUT2D eigenvalue weighted by molar-refractivity contribution is -0.117. The van der Waals surface area contributed by atoms with E-state index < -0.39 is 23.2 Å². The molecule has 0 aromatic carbocycles. The van der Waals surface area contributed by atoms with Crippen LogP contribution in [0.15, 0.2) is 11.7 Å². The van der Waals surface area contributed by atoms with Crippen molar-refractivity contribution in [3.63, 3.8) is 0 Å². The van der Waals surface area contributed by atoms with E-state index in [-0.39, 0.29) is 0 Å². The summed E-state index contributed by atoms with van der Waals surface area (Å²) in [4.78, 5) is 0. The molecule has 4 aliphatic rings. The highest BCUT2D eigenvalue weighted by atomic mass is 19.4. The van der Waals surface area contributed by atoms with Gasteiger partial charge in [0.2, 0.25) is 5.83 Å². The number of hydrogen-bond acceptors (Lipinski definition) is 0. The summed E-state index contributed by atoms with van der Waals surface area (Å²) in [6, 6.07) is 0. The van der Waals surface area contributed by atoms with Gasteiger partial charge in [0.05, 0.1) is 0 Å². The molecule has 4 rings (SSSR count). The van der Waals surface area contributed by atoms with Crippen molar-refractivity contribution in [3.05, 3.63) is 11.7 Å². The largest absolute Gasteiger partial charge is 0.445 e. The molecule has 0 amide bonds. The highest BCUT2D eigenvalue weighted by molar-refractivity contribution is 5.20. The first kappa shape index (κ1) is 12.4. The third-order valence-corrected chi connectivity index (χ3v) is 4.95. The number of allylic oxidation sites excluding steroid dienone is 2. The summed E-state index contributed by atoms with van der Waals surface area (Å²) in [6.45, 7) is 0. The fourth-order valence-corrected chi connectivity index (χ4v) is 4.74. The molecule has 0 aliphatic heterocycles. The first-order valence-electron chi connectivity index (χ1n) is 6.43. The van der Waals surface area contributed by atoms with Crippen LogP contribution < -0.4 is 0 Å². The molecule has 0 unspecified atom stereocenters. The minimum atomic E-state index is -5.19. The molecule has 0 spiro atoms. The van der Waals surface area contributed by atoms with E-state index in [0.29, 0.717) is 37.0 Å². The van der Waals surface area contributed by atoms with E-state index in [1.54, 1.807) is 0 Å². The van der Waals surface area contributed by atoms with Gasteiger partial charge in [-0.1, -0.05) is 0 Å². The number of halogens is 5. The fourth-order valence-electron chi connectivity index (χ4n) is 4.74. The van der Waals surface area contributed by atoms with Gasteiger partial charge in [0.15, 0.2) is 0 Å². The zero-order chi connectivity index (χ0) is 13.1. The molecule has 0 aromatic heterocycles. The molecule has 18 heavy (non-hydrogen) atoms. The molecular formula is C13H15F5. The van der Waals surface area contributed by atoms with Crippen molar-refractivity contribution in [2.24, 2.45) is 23.2 Å². The Morgan fingerprint density at radius 1 is 0.833 bits per heavy atom. The maximum atomic E-state index is 14.0. The summed E-state index contributed by atoms with van der Waals surface area (Å²) in [5.74, 6) is -3.13. The quantitative estimate of drug-likeness (QED) is 0.591. The van der Waals surface area contributed by atoms with Crippen LogP contribution in [0.2, 0.25) is 0 Å². The van der Waals surface area contributed by atoms with Crippen LogP contribution in [-0.4, -0.2) is 6.18 Å². The van der Waals surface area contributed by atoms with Gasteiger partial charge in [-0.25, -0.2) is 4.39 Å². The molecule has 4 saturated carbocycles. The van der Waals surface area contributed by atoms with Crippen molar-refractivity contribution in [1.29, 1.82) is 0 Å². The summed E-state index contributed by atoms with van der Waals surface area (Å²) >= 11 is 0. The minimum Gasteiger partial charge on any atom is -0.208 e. The van der Waals surface area contributed by atoms with Crippen molar-refractivity contribution in [2.75, 3.05) is 0 Å². The van der Waals surface area contributed by atoms with E-state index in [0.717, 1.165) is 19.3 Å². The second kappa shape index (κ2) is 3.70. The molecule has 4 fully saturated rings. The van der Waals surface area contributed by atoms with Crippen LogP contribution in [0.3, 0.4) is 0 Å². The summed E-state index contributed by atoms with van der Waals surface area (Å²) in [7, 11) is 0. The zero-order valence-corrected chi connectivity index (χ0v) is 9.86. The molecule has 0 N–H and O–H groups in total. The smallest absolute Gasteiger partial charge is 0.208 e. The molecule has 0 aromatic rings. The van der Waals surface area contributed by atoms with Crippen molar-refractivity contribution < 1.29 is 22.0 Å². The summed E-state index contributed by atoms with van der Waals surface area (Å²) < 4.78 is 64.1. The van der Waals surface area contributed by atoms with Crippen LogP contribution in [0, 0.1) is 23.2 Å². The monoisotopic (exact) mass is 266 g/mol. The third-order valence-electron chi connectivity index (χ3n) is 4.95. The third kappa shape index (κ3) is 1.77. The first-order chi connectivity index (χ1) is 8.30. The van der Waals surface area contributed by atoms with Crippen LogP contribution in [0.1, 0.15) is 38.5 Å². The van der Waals surface area contributed by atoms with Gasteiger partial charge in [-0.15, -0.1) is 0 Å². The second-order valence-corrected chi connectivity index (χ2v) is 6.32. The average Bonchev–Trinajstić information content (AvgIpc) is 2.23. The molecule has 0 heterocycles. The van der Waals surface area contributed by atoms with E-state index in [4.69, 9.17) is 0 Å². The Morgan fingerprint density at radius 3 is 1.56 bits per heavy atom. The van der Waals surface area contributed by atoms with Crippen molar-refractivity contribution in [2.45, 2.75) is 44.7 Å². The zero-order valence-electron chi connectivity index (χ0n) is 9.86. The number of alkyl halides is 3. The molecule has 4 aliphatic carbocycles. The van der Waals surface area contributed by atoms with Gasteiger partial charge in [0.1, 0.15) is 5.83 Å². The summed E-state index contributed by atoms with van der Waals surface area (Å²) in [6.07, 6.45) is -1.04. The number of hydrogen-bond donors (Lipinski definition) is 0. The summed E-state index contributed by atoms with van der Waals surface area (Å²) in [5, 5.41) is 0. The van der Waals surface area contributed by atoms with Gasteiger partial charge < -0.3 is 0 Å². The van der Waals surface area contributed by atoms with Crippen molar-refractivity contribution in [1.82, 2.24) is 0 Å². The van der Waals surface area contributed by atoms with Crippen LogP contribution in [0.5, 0.6) is 0 Å². The summed E-state index contributed by atoms with van der Waals surface area (Å²) in [5.41, 5.74) is -1.14. The van der Waals surface area contributed by atoms with Crippen LogP contribution in [0.25, 0.3) is 0 Å². The number of rotatable bonds is 1. The minimum absolute atomic E-state index is 0.294. The molecule has 4 bridgehead atoms. The SMILES string of the molecule is F/C(=C(/F)C12CC3CC(CC(C3)C1)C2)C(F)(F)F. The Labute approximate surface area is 102 Å². The molecule has 5 heteroatoms. The Balaban J connectivity index is 1.96. The molecule has 102 valence electrons. The van der Waals surface area contributed by atoms with E-state index in [2.05, 4.69) is 0 Å². The molecular weight excluding hydrogens is 251 g/mol. The first-order valence-corrected chi connectivity index (χ1v) is 6.43. The normalized spacial score (nSPS) is 44.2. The maximum Gasteiger partial charge on any atom is 0.445 e. The molecule has 0 radical (unpaired) electrons. The van der Waals surface area contributed by atoms with Gasteiger partial charge in [-0.2, -0.15) is 17.6 Å². The fraction of sp³-hybridized carbons (Fsp3) is 0.846. The van der Waals surface area contributed by atoms with Gasteiger partial charge in [-0.3, -0.25) is 0 Å². The molecule has 0 saturated heterocycles. The Bertz CT molecular complexity index is 357. The lowest BCUT2D eigenvalue weighted by Crippen LogP contribution is -2.46. The highest BCUT2D eigenvalue weighted by Crippen LogP contribution is 2.63. The second-order valence-electron chi connectivity index (χ2n) is 6.32. The highest BCUT2D eigenvalue weighted by Gasteiger charge is 2.56. The van der Waals surface area contributed by atoms with Gasteiger partial charge in [0, 0.05) is 5.41 Å². The van der Waals surface area contributed by atoms with Crippen molar-refractivity contribution in [3.8, 4) is 0 Å². The predicted octanol–water partition coefficient (Wildman–Crippen LogP) is 4.92. The van der Waals surface area contributed by atoms with Crippen LogP contribution in [0.4, 0.5) is 22.0 Å². The lowest BCUT2D eigenvalue weighted by atomic mass is 9.49. The maximum absolute atomic E-state index is 14.0. The Kier molecular flexibility index (Phi) is 2.55. The van der Waals surface area contributed by atoms with Gasteiger partial charge >= 0.3 is 6.18 Å². The van der Waals surface area contributed by atoms with E-state index in [1.807, 2.05) is 0 Å². The van der Waals surface area contributed by atoms with E-state index in [1.165, 1.54) is 0 Å². The van der Waals surface area contributed by atoms with Crippen molar-refractivity contribution >= 4 is 0 Å². The lowest BCUT2D eigenvalue weighted by Gasteiger charge is -2.56. The van der Waals surface area contributed by atoms with Gasteiger partial charge in [-0.05, 0) is 56.3 Å².